The second-order valence-corrected chi connectivity index (χ2v) is 8.61. The summed E-state index contributed by atoms with van der Waals surface area (Å²) in [5.41, 5.74) is 2.11. The number of hydrogen-bond donors (Lipinski definition) is 2. The van der Waals surface area contributed by atoms with Crippen molar-refractivity contribution in [2.45, 2.75) is 30.7 Å². The third-order valence-electron chi connectivity index (χ3n) is 4.86. The number of hydrogen-bond acceptors (Lipinski definition) is 3. The SMILES string of the molecule is Cc1ccc(S(=O)(=O)NCCNC(=O)N2CCCC2c2cccn2C)cc1. The van der Waals surface area contributed by atoms with Gasteiger partial charge in [0.1, 0.15) is 0 Å². The van der Waals surface area contributed by atoms with Crippen LogP contribution in [0.5, 0.6) is 0 Å². The molecule has 0 aliphatic carbocycles. The Hall–Kier alpha value is -2.32. The smallest absolute Gasteiger partial charge is 0.318 e. The molecule has 0 saturated carbocycles. The Kier molecular flexibility index (Phi) is 5.86. The number of carbonyl (C=O) groups excluding carboxylic acids is 1. The minimum absolute atomic E-state index is 0.0641. The molecule has 1 aliphatic rings. The zero-order valence-electron chi connectivity index (χ0n) is 15.7. The number of likely N-dealkylation sites (tertiary alicyclic amines) is 1. The van der Waals surface area contributed by atoms with E-state index in [0.29, 0.717) is 6.54 Å². The van der Waals surface area contributed by atoms with Crippen LogP contribution in [0.25, 0.3) is 0 Å². The number of aryl methyl sites for hydroxylation is 2. The summed E-state index contributed by atoms with van der Waals surface area (Å²) < 4.78 is 29.1. The van der Waals surface area contributed by atoms with E-state index in [2.05, 4.69) is 10.0 Å². The molecule has 1 atom stereocenters. The molecule has 0 spiro atoms. The molecule has 0 radical (unpaired) electrons. The first-order valence-electron chi connectivity index (χ1n) is 9.10. The molecule has 3 rings (SSSR count). The molecule has 1 fully saturated rings. The third-order valence-corrected chi connectivity index (χ3v) is 6.34. The lowest BCUT2D eigenvalue weighted by atomic mass is 10.1. The van der Waals surface area contributed by atoms with Crippen molar-refractivity contribution in [1.82, 2.24) is 19.5 Å². The van der Waals surface area contributed by atoms with Crippen molar-refractivity contribution in [2.24, 2.45) is 7.05 Å². The zero-order chi connectivity index (χ0) is 19.4. The van der Waals surface area contributed by atoms with E-state index in [4.69, 9.17) is 0 Å². The highest BCUT2D eigenvalue weighted by Crippen LogP contribution is 2.31. The topological polar surface area (TPSA) is 83.4 Å². The van der Waals surface area contributed by atoms with Crippen LogP contribution in [0, 0.1) is 6.92 Å². The van der Waals surface area contributed by atoms with Gasteiger partial charge in [-0.25, -0.2) is 17.9 Å². The first kappa shape index (κ1) is 19.4. The van der Waals surface area contributed by atoms with Crippen molar-refractivity contribution in [3.63, 3.8) is 0 Å². The summed E-state index contributed by atoms with van der Waals surface area (Å²) in [6, 6.07) is 10.6. The fourth-order valence-corrected chi connectivity index (χ4v) is 4.43. The molecule has 8 heteroatoms. The van der Waals surface area contributed by atoms with Gasteiger partial charge in [0, 0.05) is 38.6 Å². The van der Waals surface area contributed by atoms with Crippen LogP contribution in [-0.4, -0.2) is 43.6 Å². The maximum Gasteiger partial charge on any atom is 0.318 e. The van der Waals surface area contributed by atoms with Crippen molar-refractivity contribution >= 4 is 16.1 Å². The Morgan fingerprint density at radius 3 is 2.59 bits per heavy atom. The Morgan fingerprint density at radius 2 is 1.93 bits per heavy atom. The average Bonchev–Trinajstić information content (AvgIpc) is 3.27. The van der Waals surface area contributed by atoms with Crippen LogP contribution in [0.1, 0.15) is 30.1 Å². The van der Waals surface area contributed by atoms with Gasteiger partial charge in [-0.15, -0.1) is 0 Å². The summed E-state index contributed by atoms with van der Waals surface area (Å²) in [5, 5.41) is 2.82. The highest BCUT2D eigenvalue weighted by atomic mass is 32.2. The number of amides is 2. The summed E-state index contributed by atoms with van der Waals surface area (Å²) >= 11 is 0. The second-order valence-electron chi connectivity index (χ2n) is 6.84. The van der Waals surface area contributed by atoms with E-state index in [1.165, 1.54) is 0 Å². The van der Waals surface area contributed by atoms with Crippen LogP contribution in [0.15, 0.2) is 47.5 Å². The molecule has 2 N–H and O–H groups in total. The molecule has 1 aliphatic heterocycles. The van der Waals surface area contributed by atoms with Gasteiger partial charge in [0.05, 0.1) is 10.9 Å². The maximum atomic E-state index is 12.5. The summed E-state index contributed by atoms with van der Waals surface area (Å²) in [7, 11) is -1.59. The Labute approximate surface area is 160 Å². The monoisotopic (exact) mass is 390 g/mol. The number of benzene rings is 1. The van der Waals surface area contributed by atoms with Gasteiger partial charge in [-0.1, -0.05) is 17.7 Å². The molecule has 0 bridgehead atoms. The highest BCUT2D eigenvalue weighted by molar-refractivity contribution is 7.89. The van der Waals surface area contributed by atoms with Gasteiger partial charge in [-0.3, -0.25) is 0 Å². The molecule has 7 nitrogen and oxygen atoms in total. The second kappa shape index (κ2) is 8.14. The van der Waals surface area contributed by atoms with Crippen molar-refractivity contribution in [1.29, 1.82) is 0 Å². The molecule has 1 unspecified atom stereocenters. The number of sulfonamides is 1. The van der Waals surface area contributed by atoms with Crippen LogP contribution >= 0.6 is 0 Å². The molecule has 27 heavy (non-hydrogen) atoms. The first-order chi connectivity index (χ1) is 12.9. The number of nitrogens with zero attached hydrogens (tertiary/aromatic N) is 2. The number of aromatic nitrogens is 1. The quantitative estimate of drug-likeness (QED) is 0.742. The van der Waals surface area contributed by atoms with Crippen molar-refractivity contribution in [3.05, 3.63) is 53.9 Å². The summed E-state index contributed by atoms with van der Waals surface area (Å²) in [6.07, 6.45) is 3.87. The van der Waals surface area contributed by atoms with Gasteiger partial charge < -0.3 is 14.8 Å². The van der Waals surface area contributed by atoms with Gasteiger partial charge in [-0.05, 0) is 44.0 Å². The maximum absolute atomic E-state index is 12.5. The van der Waals surface area contributed by atoms with E-state index in [1.54, 1.807) is 24.3 Å². The molecule has 2 heterocycles. The van der Waals surface area contributed by atoms with Crippen LogP contribution in [0.3, 0.4) is 0 Å². The molecule has 1 saturated heterocycles. The molecule has 2 aromatic rings. The van der Waals surface area contributed by atoms with Gasteiger partial charge in [-0.2, -0.15) is 0 Å². The molecule has 1 aromatic heterocycles. The lowest BCUT2D eigenvalue weighted by molar-refractivity contribution is 0.191. The predicted octanol–water partition coefficient (Wildman–Crippen LogP) is 2.16. The number of nitrogens with one attached hydrogen (secondary N) is 2. The van der Waals surface area contributed by atoms with E-state index in [9.17, 15) is 13.2 Å². The number of urea groups is 1. The molecule has 146 valence electrons. The van der Waals surface area contributed by atoms with Crippen molar-refractivity contribution in [3.8, 4) is 0 Å². The standard InChI is InChI=1S/C19H26N4O3S/c1-15-7-9-16(10-8-15)27(25,26)21-12-11-20-19(24)23-14-4-6-18(23)17-5-3-13-22(17)2/h3,5,7-10,13,18,21H,4,6,11-12,14H2,1-2H3,(H,20,24). The van der Waals surface area contributed by atoms with Crippen LogP contribution in [0.2, 0.25) is 0 Å². The Morgan fingerprint density at radius 1 is 1.19 bits per heavy atom. The normalized spacial score (nSPS) is 17.3. The van der Waals surface area contributed by atoms with Gasteiger partial charge >= 0.3 is 6.03 Å². The van der Waals surface area contributed by atoms with E-state index in [0.717, 1.165) is 24.1 Å². The number of carbonyl (C=O) groups is 1. The third kappa shape index (κ3) is 4.51. The van der Waals surface area contributed by atoms with Crippen LogP contribution in [0.4, 0.5) is 4.79 Å². The van der Waals surface area contributed by atoms with Crippen LogP contribution < -0.4 is 10.0 Å². The lowest BCUT2D eigenvalue weighted by Crippen LogP contribution is -2.43. The fourth-order valence-electron chi connectivity index (χ4n) is 3.39. The van der Waals surface area contributed by atoms with Gasteiger partial charge in [0.25, 0.3) is 0 Å². The lowest BCUT2D eigenvalue weighted by Gasteiger charge is -2.25. The largest absolute Gasteiger partial charge is 0.353 e. The van der Waals surface area contributed by atoms with Crippen LogP contribution in [-0.2, 0) is 17.1 Å². The Bertz CT molecular complexity index is 890. The first-order valence-corrected chi connectivity index (χ1v) is 10.6. The van der Waals surface area contributed by atoms with Crippen molar-refractivity contribution < 1.29 is 13.2 Å². The number of rotatable bonds is 6. The van der Waals surface area contributed by atoms with E-state index in [-0.39, 0.29) is 30.1 Å². The zero-order valence-corrected chi connectivity index (χ0v) is 16.5. The summed E-state index contributed by atoms with van der Waals surface area (Å²) in [5.74, 6) is 0. The summed E-state index contributed by atoms with van der Waals surface area (Å²) in [4.78, 5) is 14.6. The molecule has 2 amide bonds. The molecular weight excluding hydrogens is 364 g/mol. The van der Waals surface area contributed by atoms with E-state index >= 15 is 0 Å². The van der Waals surface area contributed by atoms with E-state index < -0.39 is 10.0 Å². The van der Waals surface area contributed by atoms with Crippen molar-refractivity contribution in [2.75, 3.05) is 19.6 Å². The highest BCUT2D eigenvalue weighted by Gasteiger charge is 2.31. The van der Waals surface area contributed by atoms with E-state index in [1.807, 2.05) is 41.8 Å². The molecule has 1 aromatic carbocycles. The van der Waals surface area contributed by atoms with Gasteiger partial charge in [0.2, 0.25) is 10.0 Å². The summed E-state index contributed by atoms with van der Waals surface area (Å²) in [6.45, 7) is 2.99. The minimum atomic E-state index is -3.56. The minimum Gasteiger partial charge on any atom is -0.353 e. The fraction of sp³-hybridized carbons (Fsp3) is 0.421. The van der Waals surface area contributed by atoms with Gasteiger partial charge in [0.15, 0.2) is 0 Å². The molecular formula is C19H26N4O3S. The predicted molar refractivity (Wildman–Crippen MR) is 104 cm³/mol. The average molecular weight is 391 g/mol. The Balaban J connectivity index is 1.51.